The third kappa shape index (κ3) is 3.64. The van der Waals surface area contributed by atoms with Gasteiger partial charge in [0.25, 0.3) is 10.0 Å². The lowest BCUT2D eigenvalue weighted by molar-refractivity contribution is -0.137. The zero-order chi connectivity index (χ0) is 21.3. The van der Waals surface area contributed by atoms with Crippen molar-refractivity contribution in [2.75, 3.05) is 6.61 Å². The van der Waals surface area contributed by atoms with Gasteiger partial charge in [-0.05, 0) is 30.7 Å². The van der Waals surface area contributed by atoms with E-state index < -0.39 is 16.0 Å². The first-order valence-corrected chi connectivity index (χ1v) is 11.3. The zero-order valence-electron chi connectivity index (χ0n) is 15.9. The minimum absolute atomic E-state index is 0.00992. The molecule has 0 bridgehead atoms. The van der Waals surface area contributed by atoms with Gasteiger partial charge in [-0.3, -0.25) is 4.79 Å². The molecule has 0 unspecified atom stereocenters. The lowest BCUT2D eigenvalue weighted by atomic mass is 10.1. The molecule has 0 amide bonds. The topological polar surface area (TPSA) is 85.6 Å². The second-order valence-corrected chi connectivity index (χ2v) is 9.15. The van der Waals surface area contributed by atoms with E-state index in [-0.39, 0.29) is 17.9 Å². The Balaban J connectivity index is 1.85. The summed E-state index contributed by atoms with van der Waals surface area (Å²) in [7, 11) is -3.92. The van der Waals surface area contributed by atoms with Crippen molar-refractivity contribution in [3.8, 4) is 5.75 Å². The van der Waals surface area contributed by atoms with Crippen LogP contribution in [0.3, 0.4) is 0 Å². The first-order valence-electron chi connectivity index (χ1n) is 9.43. The van der Waals surface area contributed by atoms with E-state index in [0.717, 1.165) is 10.8 Å². The molecule has 8 heteroatoms. The van der Waals surface area contributed by atoms with E-state index in [0.29, 0.717) is 34.5 Å². The number of hydrogen-bond donors (Lipinski definition) is 1. The molecule has 0 radical (unpaired) electrons. The van der Waals surface area contributed by atoms with E-state index in [9.17, 15) is 13.2 Å². The van der Waals surface area contributed by atoms with Crippen LogP contribution in [0.15, 0.2) is 65.6 Å². The molecular formula is C22H19NO5S2. The first kappa shape index (κ1) is 20.3. The van der Waals surface area contributed by atoms with Gasteiger partial charge in [0.1, 0.15) is 10.7 Å². The highest BCUT2D eigenvalue weighted by molar-refractivity contribution is 7.97. The third-order valence-electron chi connectivity index (χ3n) is 4.88. The van der Waals surface area contributed by atoms with Gasteiger partial charge < -0.3 is 9.84 Å². The van der Waals surface area contributed by atoms with Crippen LogP contribution in [0, 0.1) is 0 Å². The van der Waals surface area contributed by atoms with Crippen LogP contribution in [0.25, 0.3) is 21.8 Å². The Labute approximate surface area is 179 Å². The van der Waals surface area contributed by atoms with Crippen molar-refractivity contribution in [2.24, 2.45) is 0 Å². The zero-order valence-corrected chi connectivity index (χ0v) is 17.6. The van der Waals surface area contributed by atoms with Crippen molar-refractivity contribution in [2.45, 2.75) is 19.3 Å². The summed E-state index contributed by atoms with van der Waals surface area (Å²) >= 11 is 5.33. The van der Waals surface area contributed by atoms with Crippen LogP contribution in [0.1, 0.15) is 19.3 Å². The van der Waals surface area contributed by atoms with Gasteiger partial charge >= 0.3 is 5.97 Å². The fourth-order valence-corrected chi connectivity index (χ4v) is 5.66. The number of hydrogen-bond acceptors (Lipinski definition) is 5. The number of rotatable bonds is 7. The number of aromatic nitrogens is 1. The molecular weight excluding hydrogens is 422 g/mol. The monoisotopic (exact) mass is 441 g/mol. The van der Waals surface area contributed by atoms with Crippen LogP contribution in [0.4, 0.5) is 0 Å². The number of carboxylic acids is 1. The van der Waals surface area contributed by atoms with Gasteiger partial charge in [0, 0.05) is 34.5 Å². The molecule has 30 heavy (non-hydrogen) atoms. The van der Waals surface area contributed by atoms with E-state index in [1.807, 2.05) is 24.3 Å². The molecule has 6 nitrogen and oxygen atoms in total. The van der Waals surface area contributed by atoms with E-state index in [1.165, 1.54) is 10.0 Å². The number of carboxylic acid groups (broad SMARTS) is 1. The molecule has 0 aliphatic heterocycles. The summed E-state index contributed by atoms with van der Waals surface area (Å²) in [6.45, 7) is 0.227. The number of nitrogens with zero attached hydrogens (tertiary/aromatic N) is 1. The minimum atomic E-state index is -3.92. The fourth-order valence-electron chi connectivity index (χ4n) is 3.53. The smallest absolute Gasteiger partial charge is 0.303 e. The molecule has 1 N–H and O–H groups in total. The highest BCUT2D eigenvalue weighted by Gasteiger charge is 2.28. The largest absolute Gasteiger partial charge is 0.494 e. The average Bonchev–Trinajstić information content (AvgIpc) is 3.05. The Morgan fingerprint density at radius 2 is 1.90 bits per heavy atom. The van der Waals surface area contributed by atoms with Crippen LogP contribution in [-0.4, -0.2) is 34.9 Å². The summed E-state index contributed by atoms with van der Waals surface area (Å²) in [6, 6.07) is 12.6. The molecule has 0 atom stereocenters. The Morgan fingerprint density at radius 3 is 2.67 bits per heavy atom. The Kier molecular flexibility index (Phi) is 5.44. The van der Waals surface area contributed by atoms with Gasteiger partial charge in [-0.15, -0.1) is 0 Å². The molecule has 4 rings (SSSR count). The van der Waals surface area contributed by atoms with Crippen LogP contribution >= 0.6 is 12.2 Å². The number of aliphatic carboxylic acids is 1. The lowest BCUT2D eigenvalue weighted by Crippen LogP contribution is -2.20. The van der Waals surface area contributed by atoms with Crippen LogP contribution in [0.5, 0.6) is 5.75 Å². The van der Waals surface area contributed by atoms with E-state index >= 15 is 0 Å². The summed E-state index contributed by atoms with van der Waals surface area (Å²) in [5.41, 5.74) is 1.05. The van der Waals surface area contributed by atoms with Gasteiger partial charge in [0.05, 0.1) is 17.6 Å². The molecule has 0 fully saturated rings. The van der Waals surface area contributed by atoms with Crippen LogP contribution < -0.4 is 4.74 Å². The number of ether oxygens (including phenoxy) is 1. The van der Waals surface area contributed by atoms with Crippen molar-refractivity contribution < 1.29 is 23.1 Å². The maximum absolute atomic E-state index is 13.6. The summed E-state index contributed by atoms with van der Waals surface area (Å²) < 4.78 is 34.2. The van der Waals surface area contributed by atoms with E-state index in [2.05, 4.69) is 0 Å². The van der Waals surface area contributed by atoms with Crippen molar-refractivity contribution in [1.29, 1.82) is 0 Å². The SMILES string of the molecule is O=C(O)CCCOc1ccc2c3ccccc3n(S(=O)(=O)C3=CC=CCC3=S)c2c1. The van der Waals surface area contributed by atoms with Crippen molar-refractivity contribution in [1.82, 2.24) is 3.97 Å². The summed E-state index contributed by atoms with van der Waals surface area (Å²) in [5.74, 6) is -0.404. The molecule has 1 aliphatic carbocycles. The van der Waals surface area contributed by atoms with Crippen molar-refractivity contribution in [3.63, 3.8) is 0 Å². The normalized spacial score (nSPS) is 14.3. The Bertz CT molecular complexity index is 1330. The highest BCUT2D eigenvalue weighted by Crippen LogP contribution is 2.35. The molecule has 1 aliphatic rings. The molecule has 3 aromatic rings. The highest BCUT2D eigenvalue weighted by atomic mass is 32.2. The molecule has 0 saturated carbocycles. The predicted octanol–water partition coefficient (Wildman–Crippen LogP) is 4.43. The molecule has 1 heterocycles. The number of para-hydroxylation sites is 1. The maximum atomic E-state index is 13.6. The van der Waals surface area contributed by atoms with Gasteiger partial charge in [0.2, 0.25) is 0 Å². The number of benzene rings is 2. The summed E-state index contributed by atoms with van der Waals surface area (Å²) in [6.07, 6.45) is 5.85. The molecule has 0 saturated heterocycles. The van der Waals surface area contributed by atoms with E-state index in [1.54, 1.807) is 30.3 Å². The number of fused-ring (bicyclic) bond motifs is 3. The standard InChI is InChI=1S/C22H19NO5S2/c24-22(25)10-5-13-28-15-11-12-17-16-6-1-2-7-18(16)23(19(17)14-15)30(26,27)21-9-4-3-8-20(21)29/h1-4,6-7,9,11-12,14H,5,8,10,13H2,(H,24,25). The predicted molar refractivity (Wildman–Crippen MR) is 121 cm³/mol. The van der Waals surface area contributed by atoms with Crippen molar-refractivity contribution >= 4 is 54.9 Å². The van der Waals surface area contributed by atoms with Crippen LogP contribution in [-0.2, 0) is 14.8 Å². The van der Waals surface area contributed by atoms with Gasteiger partial charge in [0.15, 0.2) is 0 Å². The lowest BCUT2D eigenvalue weighted by Gasteiger charge is -2.15. The second kappa shape index (κ2) is 8.04. The molecule has 2 aromatic carbocycles. The first-order chi connectivity index (χ1) is 14.4. The number of allylic oxidation sites excluding steroid dienone is 4. The quantitative estimate of drug-likeness (QED) is 0.431. The van der Waals surface area contributed by atoms with Gasteiger partial charge in [-0.1, -0.05) is 42.6 Å². The fraction of sp³-hybridized carbons (Fsp3) is 0.182. The van der Waals surface area contributed by atoms with E-state index in [4.69, 9.17) is 22.1 Å². The van der Waals surface area contributed by atoms with Gasteiger partial charge in [-0.2, -0.15) is 0 Å². The van der Waals surface area contributed by atoms with Crippen LogP contribution in [0.2, 0.25) is 0 Å². The Morgan fingerprint density at radius 1 is 1.13 bits per heavy atom. The molecule has 1 aromatic heterocycles. The summed E-state index contributed by atoms with van der Waals surface area (Å²) in [5, 5.41) is 10.4. The average molecular weight is 442 g/mol. The maximum Gasteiger partial charge on any atom is 0.303 e. The Hall–Kier alpha value is -2.97. The number of carbonyl (C=O) groups is 1. The minimum Gasteiger partial charge on any atom is -0.494 e. The summed E-state index contributed by atoms with van der Waals surface area (Å²) in [4.78, 5) is 11.2. The third-order valence-corrected chi connectivity index (χ3v) is 7.21. The molecule has 0 spiro atoms. The number of thiocarbonyl (C=S) groups is 1. The second-order valence-electron chi connectivity index (χ2n) is 6.90. The van der Waals surface area contributed by atoms with Gasteiger partial charge in [-0.25, -0.2) is 12.4 Å². The van der Waals surface area contributed by atoms with Crippen molar-refractivity contribution in [3.05, 3.63) is 65.6 Å². The molecule has 154 valence electrons.